The van der Waals surface area contributed by atoms with Crippen LogP contribution in [-0.4, -0.2) is 59.4 Å². The van der Waals surface area contributed by atoms with Crippen molar-refractivity contribution >= 4 is 17.5 Å². The molecule has 59 heavy (non-hydrogen) atoms. The van der Waals surface area contributed by atoms with Gasteiger partial charge in [0.25, 0.3) is 0 Å². The summed E-state index contributed by atoms with van der Waals surface area (Å²) in [6.45, 7) is 4.46. The molecule has 1 saturated carbocycles. The van der Waals surface area contributed by atoms with E-state index in [0.717, 1.165) is 34.2 Å². The van der Waals surface area contributed by atoms with Crippen molar-refractivity contribution in [3.63, 3.8) is 0 Å². The highest BCUT2D eigenvalue weighted by Crippen LogP contribution is 2.59. The molecule has 5 aromatic carbocycles. The number of allylic oxidation sites excluding steroid dienone is 2. The van der Waals surface area contributed by atoms with E-state index in [1.165, 1.54) is 5.57 Å². The number of ether oxygens (including phenoxy) is 2. The highest BCUT2D eigenvalue weighted by Gasteiger charge is 2.57. The summed E-state index contributed by atoms with van der Waals surface area (Å²) in [5, 5.41) is 27.5. The molecular formula is C51H56N2O6. The second-order valence-electron chi connectivity index (χ2n) is 16.5. The van der Waals surface area contributed by atoms with E-state index in [-0.39, 0.29) is 30.8 Å². The van der Waals surface area contributed by atoms with Gasteiger partial charge in [-0.15, -0.1) is 0 Å². The molecule has 3 N–H and O–H groups in total. The number of hydrogen-bond acceptors (Lipinski definition) is 6. The van der Waals surface area contributed by atoms with E-state index in [1.54, 1.807) is 25.2 Å². The Kier molecular flexibility index (Phi) is 12.7. The summed E-state index contributed by atoms with van der Waals surface area (Å²) in [5.41, 5.74) is 5.27. The molecule has 0 radical (unpaired) electrons. The first-order valence-electron chi connectivity index (χ1n) is 20.7. The lowest BCUT2D eigenvalue weighted by molar-refractivity contribution is -0.0773. The molecule has 4 atom stereocenters. The second-order valence-corrected chi connectivity index (χ2v) is 16.5. The first kappa shape index (κ1) is 41.5. The maximum atomic E-state index is 15.1. The maximum Gasteiger partial charge on any atom is 0.322 e. The van der Waals surface area contributed by atoms with Gasteiger partial charge in [-0.05, 0) is 110 Å². The zero-order chi connectivity index (χ0) is 41.6. The zero-order valence-electron chi connectivity index (χ0n) is 34.6. The first-order valence-corrected chi connectivity index (χ1v) is 20.7. The van der Waals surface area contributed by atoms with Gasteiger partial charge < -0.3 is 29.9 Å². The fourth-order valence-corrected chi connectivity index (χ4v) is 9.32. The van der Waals surface area contributed by atoms with Gasteiger partial charge in [-0.1, -0.05) is 104 Å². The number of para-hydroxylation sites is 1. The molecule has 0 aromatic heterocycles. The van der Waals surface area contributed by atoms with E-state index in [2.05, 4.69) is 31.3 Å². The fraction of sp³-hybridized carbons (Fsp3) is 0.333. The van der Waals surface area contributed by atoms with Crippen molar-refractivity contribution < 1.29 is 29.3 Å². The Hall–Kier alpha value is -5.70. The largest absolute Gasteiger partial charge is 0.497 e. The topological polar surface area (TPSA) is 108 Å². The van der Waals surface area contributed by atoms with Crippen LogP contribution < -0.4 is 14.8 Å². The molecule has 5 aromatic rings. The Balaban J connectivity index is 1.32. The van der Waals surface area contributed by atoms with E-state index in [4.69, 9.17) is 9.47 Å². The molecule has 3 aliphatic carbocycles. The smallest absolute Gasteiger partial charge is 0.322 e. The predicted octanol–water partition coefficient (Wildman–Crippen LogP) is 10.4. The van der Waals surface area contributed by atoms with Crippen LogP contribution >= 0.6 is 0 Å². The van der Waals surface area contributed by atoms with Crippen LogP contribution in [0, 0.1) is 5.41 Å². The Morgan fingerprint density at radius 2 is 1.56 bits per heavy atom. The quantitative estimate of drug-likeness (QED) is 0.0960. The zero-order valence-corrected chi connectivity index (χ0v) is 34.6. The maximum absolute atomic E-state index is 15.1. The number of carbonyl (C=O) groups is 2. The number of aliphatic hydroxyl groups is 2. The van der Waals surface area contributed by atoms with Crippen LogP contribution in [0.1, 0.15) is 90.9 Å². The lowest BCUT2D eigenvalue weighted by Gasteiger charge is -2.46. The number of benzene rings is 5. The molecule has 3 aliphatic rings. The number of carbonyl (C=O) groups excluding carboxylic acids is 2. The van der Waals surface area contributed by atoms with Crippen molar-refractivity contribution in [1.29, 1.82) is 0 Å². The average molecular weight is 793 g/mol. The number of nitrogens with zero attached hydrogens (tertiary/aromatic N) is 1. The van der Waals surface area contributed by atoms with Gasteiger partial charge in [-0.25, -0.2) is 4.79 Å². The molecule has 4 unspecified atom stereocenters. The summed E-state index contributed by atoms with van der Waals surface area (Å²) in [6.07, 6.45) is 5.80. The van der Waals surface area contributed by atoms with Gasteiger partial charge in [-0.3, -0.25) is 4.79 Å². The van der Waals surface area contributed by atoms with Crippen molar-refractivity contribution in [1.82, 2.24) is 4.90 Å². The Morgan fingerprint density at radius 1 is 0.831 bits per heavy atom. The molecule has 306 valence electrons. The number of hydrogen-bond donors (Lipinski definition) is 3. The number of anilines is 1. The fourth-order valence-electron chi connectivity index (χ4n) is 9.32. The molecule has 2 amide bonds. The van der Waals surface area contributed by atoms with Gasteiger partial charge in [0.05, 0.1) is 39.0 Å². The number of rotatable bonds is 10. The summed E-state index contributed by atoms with van der Waals surface area (Å²) >= 11 is 0. The number of nitrogens with one attached hydrogen (secondary N) is 1. The van der Waals surface area contributed by atoms with E-state index < -0.39 is 17.1 Å². The van der Waals surface area contributed by atoms with Crippen LogP contribution in [-0.2, 0) is 13.0 Å². The number of methoxy groups -OCH3 is 2. The van der Waals surface area contributed by atoms with Crippen LogP contribution in [0.3, 0.4) is 0 Å². The Morgan fingerprint density at radius 3 is 2.31 bits per heavy atom. The third-order valence-electron chi connectivity index (χ3n) is 12.8. The molecule has 8 heteroatoms. The molecular weight excluding hydrogens is 737 g/mol. The number of amides is 2. The first-order chi connectivity index (χ1) is 28.5. The van der Waals surface area contributed by atoms with E-state index in [0.29, 0.717) is 66.8 Å². The van der Waals surface area contributed by atoms with E-state index in [9.17, 15) is 15.0 Å². The molecule has 0 aliphatic heterocycles. The Bertz CT molecular complexity index is 2290. The second kappa shape index (κ2) is 18.1. The van der Waals surface area contributed by atoms with Crippen LogP contribution in [0.4, 0.5) is 10.5 Å². The number of ketones is 1. The predicted molar refractivity (Wildman–Crippen MR) is 234 cm³/mol. The normalized spacial score (nSPS) is 21.8. The van der Waals surface area contributed by atoms with Crippen LogP contribution in [0.25, 0.3) is 11.1 Å². The summed E-state index contributed by atoms with van der Waals surface area (Å²) in [5.74, 6) is 0.899. The van der Waals surface area contributed by atoms with Gasteiger partial charge in [-0.2, -0.15) is 0 Å². The van der Waals surface area contributed by atoms with Crippen molar-refractivity contribution in [2.75, 3.05) is 26.1 Å². The third-order valence-corrected chi connectivity index (χ3v) is 12.8. The third kappa shape index (κ3) is 8.99. The van der Waals surface area contributed by atoms with Crippen molar-refractivity contribution in [2.24, 2.45) is 5.41 Å². The molecule has 0 heterocycles. The highest BCUT2D eigenvalue weighted by molar-refractivity contribution is 6.14. The lowest BCUT2D eigenvalue weighted by Crippen LogP contribution is -2.54. The van der Waals surface area contributed by atoms with Crippen molar-refractivity contribution in [2.45, 2.75) is 83.0 Å². The number of aliphatic hydroxyl groups excluding tert-OH is 1. The van der Waals surface area contributed by atoms with Gasteiger partial charge in [0.15, 0.2) is 5.78 Å². The van der Waals surface area contributed by atoms with E-state index in [1.807, 2.05) is 109 Å². The summed E-state index contributed by atoms with van der Waals surface area (Å²) < 4.78 is 11.2. The minimum atomic E-state index is -1.35. The van der Waals surface area contributed by atoms with Crippen molar-refractivity contribution in [3.8, 4) is 22.6 Å². The molecule has 8 nitrogen and oxygen atoms in total. The van der Waals surface area contributed by atoms with Crippen LogP contribution in [0.5, 0.6) is 11.5 Å². The lowest BCUT2D eigenvalue weighted by atomic mass is 9.64. The molecule has 2 bridgehead atoms. The minimum Gasteiger partial charge on any atom is -0.497 e. The molecule has 0 spiro atoms. The average Bonchev–Trinajstić information content (AvgIpc) is 3.51. The number of urea groups is 1. The monoisotopic (exact) mass is 792 g/mol. The van der Waals surface area contributed by atoms with Gasteiger partial charge in [0, 0.05) is 33.9 Å². The van der Waals surface area contributed by atoms with E-state index >= 15 is 4.79 Å². The summed E-state index contributed by atoms with van der Waals surface area (Å²) in [4.78, 5) is 31.2. The number of fused-ring (bicyclic) bond motifs is 8. The van der Waals surface area contributed by atoms with Gasteiger partial charge in [0.1, 0.15) is 11.5 Å². The van der Waals surface area contributed by atoms with Gasteiger partial charge in [0.2, 0.25) is 0 Å². The highest BCUT2D eigenvalue weighted by atomic mass is 16.5. The molecule has 0 saturated heterocycles. The summed E-state index contributed by atoms with van der Waals surface area (Å²) in [6, 6.07) is 38.3. The summed E-state index contributed by atoms with van der Waals surface area (Å²) in [7, 11) is 3.19. The Labute approximate surface area is 348 Å². The SMILES string of the molecule is COc1ccc(CN(CC2(O)CCC3c4ccc(cc4C(=O)c4ccccc4-c4ccccc4)CC(O)CCC(C)=CCCC32C)C(=O)Nc2ccccc2)c(OC)c1. The minimum absolute atomic E-state index is 0.0426. The standard InChI is InChI=1S/C51H56N2O6/c1-35-14-13-28-50(2)46(27-29-51(50,57)34-53(49(56)52-39-17-9-6-10-18-39)33-38-23-25-41(58-3)32-47(38)59-4)43-26-22-36(30-40(54)24-21-35)31-45(43)48(55)44-20-12-11-19-42(44)37-15-7-5-8-16-37/h5-12,14-20,22-23,25-26,31-32,40,46,54,57H,13,21,24,27-30,33-34H2,1-4H3,(H,52,56). The van der Waals surface area contributed by atoms with Crippen molar-refractivity contribution in [3.05, 3.63) is 161 Å². The molecule has 8 rings (SSSR count). The van der Waals surface area contributed by atoms with Gasteiger partial charge >= 0.3 is 6.03 Å². The van der Waals surface area contributed by atoms with Crippen LogP contribution in [0.2, 0.25) is 0 Å². The molecule has 1 fully saturated rings. The van der Waals surface area contributed by atoms with Crippen LogP contribution in [0.15, 0.2) is 133 Å².